The highest BCUT2D eigenvalue weighted by Crippen LogP contribution is 2.04. The Hall–Kier alpha value is -1.46. The predicted octanol–water partition coefficient (Wildman–Crippen LogP) is 1.12. The summed E-state index contributed by atoms with van der Waals surface area (Å²) in [6.07, 6.45) is 0. The molecule has 20 heavy (non-hydrogen) atoms. The first kappa shape index (κ1) is 14.9. The van der Waals surface area contributed by atoms with Crippen LogP contribution in [0.5, 0.6) is 0 Å². The standard InChI is InChI=1S/C15H22FN3O/c1-11-8-19(9-12(2)18-11)10-15(20)17-7-13-3-5-14(16)6-4-13/h3-6,11-12,18H,7-10H2,1-2H3,(H,17,20). The number of carbonyl (C=O) groups excluding carboxylic acids is 1. The SMILES string of the molecule is CC1CN(CC(=O)NCc2ccc(F)cc2)CC(C)N1. The second-order valence-electron chi connectivity index (χ2n) is 5.57. The summed E-state index contributed by atoms with van der Waals surface area (Å²) in [5.74, 6) is -0.250. The van der Waals surface area contributed by atoms with Crippen molar-refractivity contribution in [3.05, 3.63) is 35.6 Å². The first-order chi connectivity index (χ1) is 9.52. The van der Waals surface area contributed by atoms with Gasteiger partial charge in [0.1, 0.15) is 5.82 Å². The van der Waals surface area contributed by atoms with E-state index in [-0.39, 0.29) is 11.7 Å². The second kappa shape index (κ2) is 6.81. The largest absolute Gasteiger partial charge is 0.351 e. The Balaban J connectivity index is 1.76. The van der Waals surface area contributed by atoms with Gasteiger partial charge in [0.05, 0.1) is 6.54 Å². The van der Waals surface area contributed by atoms with Gasteiger partial charge in [0, 0.05) is 31.7 Å². The third kappa shape index (κ3) is 4.58. The Morgan fingerprint density at radius 1 is 1.30 bits per heavy atom. The van der Waals surface area contributed by atoms with Gasteiger partial charge in [-0.05, 0) is 31.5 Å². The van der Waals surface area contributed by atoms with Crippen molar-refractivity contribution < 1.29 is 9.18 Å². The summed E-state index contributed by atoms with van der Waals surface area (Å²) in [5.41, 5.74) is 0.904. The lowest BCUT2D eigenvalue weighted by Gasteiger charge is -2.35. The quantitative estimate of drug-likeness (QED) is 0.868. The lowest BCUT2D eigenvalue weighted by Crippen LogP contribution is -2.55. The van der Waals surface area contributed by atoms with Crippen molar-refractivity contribution in [3.8, 4) is 0 Å². The Labute approximate surface area is 119 Å². The lowest BCUT2D eigenvalue weighted by molar-refractivity contribution is -0.122. The van der Waals surface area contributed by atoms with E-state index in [4.69, 9.17) is 0 Å². The number of halogens is 1. The van der Waals surface area contributed by atoms with Gasteiger partial charge >= 0.3 is 0 Å². The molecule has 4 nitrogen and oxygen atoms in total. The van der Waals surface area contributed by atoms with Crippen LogP contribution < -0.4 is 10.6 Å². The van der Waals surface area contributed by atoms with Gasteiger partial charge in [-0.2, -0.15) is 0 Å². The highest BCUT2D eigenvalue weighted by molar-refractivity contribution is 5.78. The molecule has 1 aromatic carbocycles. The smallest absolute Gasteiger partial charge is 0.234 e. The van der Waals surface area contributed by atoms with Crippen LogP contribution >= 0.6 is 0 Å². The molecule has 1 fully saturated rings. The van der Waals surface area contributed by atoms with Crippen LogP contribution in [0.25, 0.3) is 0 Å². The van der Waals surface area contributed by atoms with E-state index >= 15 is 0 Å². The summed E-state index contributed by atoms with van der Waals surface area (Å²) in [5, 5.41) is 6.31. The second-order valence-corrected chi connectivity index (χ2v) is 5.57. The maximum atomic E-state index is 12.8. The maximum absolute atomic E-state index is 12.8. The van der Waals surface area contributed by atoms with Gasteiger partial charge in [0.25, 0.3) is 0 Å². The van der Waals surface area contributed by atoms with E-state index in [1.807, 2.05) is 0 Å². The molecule has 1 aromatic rings. The van der Waals surface area contributed by atoms with Gasteiger partial charge < -0.3 is 10.6 Å². The van der Waals surface area contributed by atoms with Gasteiger partial charge in [-0.25, -0.2) is 4.39 Å². The number of amides is 1. The van der Waals surface area contributed by atoms with E-state index < -0.39 is 0 Å². The van der Waals surface area contributed by atoms with Crippen molar-refractivity contribution in [3.63, 3.8) is 0 Å². The normalized spacial score (nSPS) is 23.6. The van der Waals surface area contributed by atoms with Gasteiger partial charge in [0.2, 0.25) is 5.91 Å². The number of piperazine rings is 1. The molecular weight excluding hydrogens is 257 g/mol. The molecule has 2 N–H and O–H groups in total. The van der Waals surface area contributed by atoms with Gasteiger partial charge in [0.15, 0.2) is 0 Å². The Bertz CT molecular complexity index is 439. The van der Waals surface area contributed by atoms with Crippen LogP contribution in [0, 0.1) is 5.82 Å². The van der Waals surface area contributed by atoms with E-state index in [1.54, 1.807) is 12.1 Å². The molecular formula is C15H22FN3O. The molecule has 0 aromatic heterocycles. The molecule has 1 amide bonds. The number of hydrogen-bond donors (Lipinski definition) is 2. The van der Waals surface area contributed by atoms with Crippen molar-refractivity contribution in [2.24, 2.45) is 0 Å². The zero-order valence-corrected chi connectivity index (χ0v) is 12.0. The van der Waals surface area contributed by atoms with E-state index in [0.29, 0.717) is 25.2 Å². The van der Waals surface area contributed by atoms with Crippen LogP contribution in [-0.2, 0) is 11.3 Å². The Morgan fingerprint density at radius 3 is 2.50 bits per heavy atom. The highest BCUT2D eigenvalue weighted by Gasteiger charge is 2.22. The molecule has 0 spiro atoms. The number of carbonyl (C=O) groups is 1. The number of benzene rings is 1. The molecule has 0 bridgehead atoms. The fourth-order valence-electron chi connectivity index (χ4n) is 2.63. The molecule has 0 aliphatic carbocycles. The number of hydrogen-bond acceptors (Lipinski definition) is 3. The molecule has 1 aliphatic heterocycles. The van der Waals surface area contributed by atoms with Crippen molar-refractivity contribution >= 4 is 5.91 Å². The van der Waals surface area contributed by atoms with Gasteiger partial charge in [-0.1, -0.05) is 12.1 Å². The monoisotopic (exact) mass is 279 g/mol. The first-order valence-corrected chi connectivity index (χ1v) is 7.02. The lowest BCUT2D eigenvalue weighted by atomic mass is 10.1. The topological polar surface area (TPSA) is 44.4 Å². The molecule has 1 saturated heterocycles. The van der Waals surface area contributed by atoms with Gasteiger partial charge in [-0.15, -0.1) is 0 Å². The van der Waals surface area contributed by atoms with E-state index in [2.05, 4.69) is 29.4 Å². The highest BCUT2D eigenvalue weighted by atomic mass is 19.1. The van der Waals surface area contributed by atoms with Gasteiger partial charge in [-0.3, -0.25) is 9.69 Å². The summed E-state index contributed by atoms with van der Waals surface area (Å²) < 4.78 is 12.8. The van der Waals surface area contributed by atoms with Crippen LogP contribution in [0.2, 0.25) is 0 Å². The summed E-state index contributed by atoms with van der Waals surface area (Å²) in [4.78, 5) is 14.1. The zero-order valence-electron chi connectivity index (χ0n) is 12.0. The minimum atomic E-state index is -0.260. The molecule has 5 heteroatoms. The van der Waals surface area contributed by atoms with Crippen LogP contribution in [0.4, 0.5) is 4.39 Å². The zero-order chi connectivity index (χ0) is 14.5. The van der Waals surface area contributed by atoms with Crippen molar-refractivity contribution in [1.82, 2.24) is 15.5 Å². The van der Waals surface area contributed by atoms with Crippen LogP contribution in [0.3, 0.4) is 0 Å². The van der Waals surface area contributed by atoms with E-state index in [0.717, 1.165) is 18.7 Å². The number of nitrogens with zero attached hydrogens (tertiary/aromatic N) is 1. The van der Waals surface area contributed by atoms with Crippen molar-refractivity contribution in [2.45, 2.75) is 32.5 Å². The third-order valence-corrected chi connectivity index (χ3v) is 3.40. The van der Waals surface area contributed by atoms with Crippen LogP contribution in [0.1, 0.15) is 19.4 Å². The minimum Gasteiger partial charge on any atom is -0.351 e. The van der Waals surface area contributed by atoms with E-state index in [9.17, 15) is 9.18 Å². The van der Waals surface area contributed by atoms with Crippen molar-refractivity contribution in [2.75, 3.05) is 19.6 Å². The molecule has 2 rings (SSSR count). The van der Waals surface area contributed by atoms with Crippen LogP contribution in [0.15, 0.2) is 24.3 Å². The predicted molar refractivity (Wildman–Crippen MR) is 76.7 cm³/mol. The minimum absolute atomic E-state index is 0.00984. The summed E-state index contributed by atoms with van der Waals surface area (Å²) in [6.45, 7) is 6.87. The average molecular weight is 279 g/mol. The first-order valence-electron chi connectivity index (χ1n) is 7.02. The van der Waals surface area contributed by atoms with E-state index in [1.165, 1.54) is 12.1 Å². The molecule has 1 aliphatic rings. The average Bonchev–Trinajstić information content (AvgIpc) is 2.37. The molecule has 1 heterocycles. The third-order valence-electron chi connectivity index (χ3n) is 3.40. The summed E-state index contributed by atoms with van der Waals surface area (Å²) in [6, 6.07) is 6.99. The van der Waals surface area contributed by atoms with Crippen molar-refractivity contribution in [1.29, 1.82) is 0 Å². The number of nitrogens with one attached hydrogen (secondary N) is 2. The number of rotatable bonds is 4. The fraction of sp³-hybridized carbons (Fsp3) is 0.533. The maximum Gasteiger partial charge on any atom is 0.234 e. The summed E-state index contributed by atoms with van der Waals surface area (Å²) >= 11 is 0. The fourth-order valence-corrected chi connectivity index (χ4v) is 2.63. The molecule has 0 saturated carbocycles. The van der Waals surface area contributed by atoms with Crippen LogP contribution in [-0.4, -0.2) is 42.5 Å². The molecule has 0 radical (unpaired) electrons. The summed E-state index contributed by atoms with van der Waals surface area (Å²) in [7, 11) is 0. The molecule has 2 atom stereocenters. The Morgan fingerprint density at radius 2 is 1.90 bits per heavy atom. The Kier molecular flexibility index (Phi) is 5.09. The molecule has 110 valence electrons. The molecule has 2 unspecified atom stereocenters.